The van der Waals surface area contributed by atoms with Gasteiger partial charge in [-0.15, -0.1) is 24.0 Å². The Hall–Kier alpha value is -0.580. The highest BCUT2D eigenvalue weighted by Gasteiger charge is 2.23. The van der Waals surface area contributed by atoms with Crippen LogP contribution in [-0.2, 0) is 4.74 Å². The predicted molar refractivity (Wildman–Crippen MR) is 122 cm³/mol. The van der Waals surface area contributed by atoms with E-state index >= 15 is 0 Å². The number of ether oxygens (including phenoxy) is 1. The summed E-state index contributed by atoms with van der Waals surface area (Å²) in [6.45, 7) is 4.92. The lowest BCUT2D eigenvalue weighted by atomic mass is 10.0. The first-order valence-electron chi connectivity index (χ1n) is 9.39. The molecule has 2 fully saturated rings. The van der Waals surface area contributed by atoms with Gasteiger partial charge in [-0.05, 0) is 36.3 Å². The lowest BCUT2D eigenvalue weighted by Gasteiger charge is -2.35. The van der Waals surface area contributed by atoms with Gasteiger partial charge in [-0.3, -0.25) is 9.89 Å². The molecule has 1 aromatic carbocycles. The average Bonchev–Trinajstić information content (AvgIpc) is 3.20. The fraction of sp³-hybridized carbons (Fsp3) is 0.632. The standard InChI is InChI=1S/C19H29FN4OS.HI/c1-21-19(22-13-17-3-2-12-26-17)23-14-18(24-8-10-25-11-9-24)15-4-6-16(20)7-5-15;/h4-7,17-18H,2-3,8-14H2,1H3,(H2,21,22,23);1H. The molecule has 2 atom stereocenters. The number of benzene rings is 1. The highest BCUT2D eigenvalue weighted by Crippen LogP contribution is 2.25. The molecule has 0 amide bonds. The maximum atomic E-state index is 13.3. The molecule has 0 saturated carbocycles. The summed E-state index contributed by atoms with van der Waals surface area (Å²) >= 11 is 2.04. The summed E-state index contributed by atoms with van der Waals surface area (Å²) < 4.78 is 18.8. The van der Waals surface area contributed by atoms with Crippen LogP contribution in [0.5, 0.6) is 0 Å². The molecule has 3 rings (SSSR count). The molecule has 8 heteroatoms. The van der Waals surface area contributed by atoms with E-state index in [0.717, 1.165) is 50.9 Å². The highest BCUT2D eigenvalue weighted by atomic mass is 127. The number of hydrogen-bond donors (Lipinski definition) is 2. The zero-order chi connectivity index (χ0) is 18.2. The van der Waals surface area contributed by atoms with Crippen molar-refractivity contribution in [3.63, 3.8) is 0 Å². The molecule has 2 aliphatic heterocycles. The fourth-order valence-corrected chi connectivity index (χ4v) is 4.66. The normalized spacial score (nSPS) is 22.1. The first-order valence-corrected chi connectivity index (χ1v) is 10.4. The molecule has 0 aromatic heterocycles. The fourth-order valence-electron chi connectivity index (χ4n) is 3.46. The van der Waals surface area contributed by atoms with Crippen LogP contribution in [0.2, 0.25) is 0 Å². The second-order valence-electron chi connectivity index (χ2n) is 6.68. The summed E-state index contributed by atoms with van der Waals surface area (Å²) in [5.41, 5.74) is 1.11. The molecule has 2 heterocycles. The van der Waals surface area contributed by atoms with Crippen LogP contribution < -0.4 is 10.6 Å². The van der Waals surface area contributed by atoms with E-state index in [4.69, 9.17) is 4.74 Å². The molecule has 2 aliphatic rings. The minimum Gasteiger partial charge on any atom is -0.379 e. The van der Waals surface area contributed by atoms with Crippen molar-refractivity contribution in [3.05, 3.63) is 35.6 Å². The van der Waals surface area contributed by atoms with Crippen molar-refractivity contribution in [3.8, 4) is 0 Å². The summed E-state index contributed by atoms with van der Waals surface area (Å²) in [5.74, 6) is 1.90. The van der Waals surface area contributed by atoms with Crippen molar-refractivity contribution >= 4 is 41.7 Å². The van der Waals surface area contributed by atoms with Gasteiger partial charge >= 0.3 is 0 Å². The van der Waals surface area contributed by atoms with Gasteiger partial charge in [-0.1, -0.05) is 12.1 Å². The smallest absolute Gasteiger partial charge is 0.191 e. The molecule has 5 nitrogen and oxygen atoms in total. The van der Waals surface area contributed by atoms with E-state index in [1.807, 2.05) is 23.9 Å². The zero-order valence-corrected chi connectivity index (χ0v) is 19.0. The zero-order valence-electron chi connectivity index (χ0n) is 15.8. The molecule has 2 saturated heterocycles. The summed E-state index contributed by atoms with van der Waals surface area (Å²) in [7, 11) is 1.80. The summed E-state index contributed by atoms with van der Waals surface area (Å²) in [5, 5.41) is 7.58. The number of hydrogen-bond acceptors (Lipinski definition) is 4. The number of rotatable bonds is 6. The molecule has 2 unspecified atom stereocenters. The monoisotopic (exact) mass is 508 g/mol. The lowest BCUT2D eigenvalue weighted by molar-refractivity contribution is 0.0170. The predicted octanol–water partition coefficient (Wildman–Crippen LogP) is 2.88. The number of aliphatic imine (C=N–C) groups is 1. The number of nitrogens with one attached hydrogen (secondary N) is 2. The maximum Gasteiger partial charge on any atom is 0.191 e. The number of guanidine groups is 1. The third-order valence-corrected chi connectivity index (χ3v) is 6.35. The second-order valence-corrected chi connectivity index (χ2v) is 8.09. The third kappa shape index (κ3) is 7.07. The highest BCUT2D eigenvalue weighted by molar-refractivity contribution is 14.0. The van der Waals surface area contributed by atoms with E-state index in [9.17, 15) is 4.39 Å². The number of nitrogens with zero attached hydrogens (tertiary/aromatic N) is 2. The quantitative estimate of drug-likeness (QED) is 0.352. The lowest BCUT2D eigenvalue weighted by Crippen LogP contribution is -2.47. The van der Waals surface area contributed by atoms with Crippen LogP contribution in [0.1, 0.15) is 24.4 Å². The van der Waals surface area contributed by atoms with E-state index in [0.29, 0.717) is 5.25 Å². The second kappa shape index (κ2) is 12.1. The van der Waals surface area contributed by atoms with Crippen LogP contribution in [0.15, 0.2) is 29.3 Å². The van der Waals surface area contributed by atoms with Crippen LogP contribution in [0.25, 0.3) is 0 Å². The van der Waals surface area contributed by atoms with Crippen molar-refractivity contribution in [2.24, 2.45) is 4.99 Å². The Morgan fingerprint density at radius 3 is 2.67 bits per heavy atom. The molecule has 2 N–H and O–H groups in total. The van der Waals surface area contributed by atoms with Gasteiger partial charge in [-0.2, -0.15) is 11.8 Å². The third-order valence-electron chi connectivity index (χ3n) is 4.95. The van der Waals surface area contributed by atoms with Crippen LogP contribution >= 0.6 is 35.7 Å². The first-order chi connectivity index (χ1) is 12.8. The number of halogens is 2. The molecule has 0 aliphatic carbocycles. The Morgan fingerprint density at radius 2 is 2.04 bits per heavy atom. The van der Waals surface area contributed by atoms with E-state index in [-0.39, 0.29) is 35.8 Å². The maximum absolute atomic E-state index is 13.3. The van der Waals surface area contributed by atoms with E-state index in [1.165, 1.54) is 30.7 Å². The van der Waals surface area contributed by atoms with Gasteiger partial charge in [0.25, 0.3) is 0 Å². The van der Waals surface area contributed by atoms with Gasteiger partial charge in [0.15, 0.2) is 5.96 Å². The minimum absolute atomic E-state index is 0. The minimum atomic E-state index is -0.200. The Labute approximate surface area is 182 Å². The van der Waals surface area contributed by atoms with E-state index in [1.54, 1.807) is 7.05 Å². The molecule has 27 heavy (non-hydrogen) atoms. The number of thioether (sulfide) groups is 1. The van der Waals surface area contributed by atoms with Crippen molar-refractivity contribution in [2.75, 3.05) is 52.2 Å². The number of morpholine rings is 1. The summed E-state index contributed by atoms with van der Waals surface area (Å²) in [6.07, 6.45) is 2.59. The average molecular weight is 508 g/mol. The van der Waals surface area contributed by atoms with Gasteiger partial charge in [0, 0.05) is 38.5 Å². The molecule has 152 valence electrons. The largest absolute Gasteiger partial charge is 0.379 e. The molecule has 0 bridgehead atoms. The van der Waals surface area contributed by atoms with Crippen molar-refractivity contribution < 1.29 is 9.13 Å². The molecular formula is C19H30FIN4OS. The van der Waals surface area contributed by atoms with E-state index in [2.05, 4.69) is 20.5 Å². The SMILES string of the molecule is CN=C(NCC1CCCS1)NCC(c1ccc(F)cc1)N1CCOCC1.I. The first kappa shape index (κ1) is 22.7. The molecule has 1 aromatic rings. The van der Waals surface area contributed by atoms with Gasteiger partial charge < -0.3 is 15.4 Å². The van der Waals surface area contributed by atoms with Crippen LogP contribution in [0.3, 0.4) is 0 Å². The Kier molecular flexibility index (Phi) is 10.2. The summed E-state index contributed by atoms with van der Waals surface area (Å²) in [6, 6.07) is 6.99. The van der Waals surface area contributed by atoms with Crippen molar-refractivity contribution in [1.29, 1.82) is 0 Å². The van der Waals surface area contributed by atoms with Crippen LogP contribution in [0.4, 0.5) is 4.39 Å². The van der Waals surface area contributed by atoms with Gasteiger partial charge in [-0.25, -0.2) is 4.39 Å². The Bertz CT molecular complexity index is 578. The Balaban J connectivity index is 0.00000261. The topological polar surface area (TPSA) is 48.9 Å². The van der Waals surface area contributed by atoms with E-state index < -0.39 is 0 Å². The van der Waals surface area contributed by atoms with Crippen LogP contribution in [-0.4, -0.2) is 68.3 Å². The molecular weight excluding hydrogens is 478 g/mol. The van der Waals surface area contributed by atoms with Crippen molar-refractivity contribution in [2.45, 2.75) is 24.1 Å². The molecule has 0 spiro atoms. The van der Waals surface area contributed by atoms with Gasteiger partial charge in [0.2, 0.25) is 0 Å². The molecule has 0 radical (unpaired) electrons. The van der Waals surface area contributed by atoms with Gasteiger partial charge in [0.05, 0.1) is 19.3 Å². The van der Waals surface area contributed by atoms with Crippen LogP contribution in [0, 0.1) is 5.82 Å². The van der Waals surface area contributed by atoms with Crippen molar-refractivity contribution in [1.82, 2.24) is 15.5 Å². The Morgan fingerprint density at radius 1 is 1.30 bits per heavy atom. The summed E-state index contributed by atoms with van der Waals surface area (Å²) in [4.78, 5) is 6.75. The van der Waals surface area contributed by atoms with Gasteiger partial charge in [0.1, 0.15) is 5.82 Å².